The average molecular weight is 711 g/mol. The Labute approximate surface area is 291 Å². The zero-order chi connectivity index (χ0) is 35.2. The molecule has 0 saturated carbocycles. The summed E-state index contributed by atoms with van der Waals surface area (Å²) in [5.74, 6) is -2.86. The molecule has 2 fully saturated rings. The Hall–Kier alpha value is -4.73. The molecule has 2 N–H and O–H groups in total. The lowest BCUT2D eigenvalue weighted by Gasteiger charge is -2.33. The van der Waals surface area contributed by atoms with Crippen LogP contribution in [-0.4, -0.2) is 90.5 Å². The fourth-order valence-corrected chi connectivity index (χ4v) is 6.98. The van der Waals surface area contributed by atoms with Crippen LogP contribution in [0.15, 0.2) is 60.8 Å². The summed E-state index contributed by atoms with van der Waals surface area (Å²) in [6, 6.07) is 11.5. The molecule has 1 aromatic heterocycles. The number of urea groups is 1. The van der Waals surface area contributed by atoms with Crippen LogP contribution in [0, 0.1) is 17.5 Å². The van der Waals surface area contributed by atoms with Crippen LogP contribution in [-0.2, 0) is 4.79 Å². The Morgan fingerprint density at radius 3 is 2.42 bits per heavy atom. The molecule has 3 heterocycles. The van der Waals surface area contributed by atoms with E-state index in [0.717, 1.165) is 74.6 Å². The van der Waals surface area contributed by atoms with Crippen molar-refractivity contribution in [2.24, 2.45) is 0 Å². The minimum Gasteiger partial charge on any atom is -0.493 e. The van der Waals surface area contributed by atoms with Gasteiger partial charge in [0.2, 0.25) is 0 Å². The van der Waals surface area contributed by atoms with E-state index in [1.807, 2.05) is 0 Å². The lowest BCUT2D eigenvalue weighted by molar-refractivity contribution is -0.130. The summed E-state index contributed by atoms with van der Waals surface area (Å²) in [6.45, 7) is 8.85. The van der Waals surface area contributed by atoms with Gasteiger partial charge in [0.25, 0.3) is 5.91 Å². The third-order valence-electron chi connectivity index (χ3n) is 8.50. The van der Waals surface area contributed by atoms with E-state index in [0.29, 0.717) is 29.0 Å². The first-order valence-electron chi connectivity index (χ1n) is 16.2. The first-order valence-corrected chi connectivity index (χ1v) is 17.3. The van der Waals surface area contributed by atoms with Crippen LogP contribution in [0.25, 0.3) is 10.9 Å². The predicted molar refractivity (Wildman–Crippen MR) is 184 cm³/mol. The summed E-state index contributed by atoms with van der Waals surface area (Å²) in [4.78, 5) is 34.4. The molecule has 3 aromatic carbocycles. The molecule has 0 spiro atoms. The highest BCUT2D eigenvalue weighted by Gasteiger charge is 2.36. The van der Waals surface area contributed by atoms with Crippen molar-refractivity contribution < 1.29 is 37.0 Å². The zero-order valence-corrected chi connectivity index (χ0v) is 28.4. The maximum Gasteiger partial charge on any atom is 0.338 e. The van der Waals surface area contributed by atoms with Crippen LogP contribution in [0.4, 0.5) is 23.7 Å². The van der Waals surface area contributed by atoms with E-state index in [1.165, 1.54) is 37.6 Å². The van der Waals surface area contributed by atoms with Crippen LogP contribution in [0.1, 0.15) is 24.3 Å². The zero-order valence-electron chi connectivity index (χ0n) is 27.6. The van der Waals surface area contributed by atoms with Gasteiger partial charge in [0.05, 0.1) is 25.0 Å². The number of thioether (sulfide) groups is 1. The van der Waals surface area contributed by atoms with Crippen LogP contribution in [0.5, 0.6) is 23.0 Å². The monoisotopic (exact) mass is 710 g/mol. The highest BCUT2D eigenvalue weighted by Crippen LogP contribution is 2.40. The highest BCUT2D eigenvalue weighted by atomic mass is 32.2. The first-order chi connectivity index (χ1) is 24.2. The second kappa shape index (κ2) is 15.9. The van der Waals surface area contributed by atoms with E-state index in [9.17, 15) is 14.0 Å². The number of hydrazine groups is 1. The Morgan fingerprint density at radius 1 is 0.960 bits per heavy atom. The molecule has 1 atom stereocenters. The van der Waals surface area contributed by atoms with Gasteiger partial charge in [0.1, 0.15) is 16.9 Å². The molecule has 6 rings (SSSR count). The summed E-state index contributed by atoms with van der Waals surface area (Å²) in [6.07, 6.45) is 2.28. The number of hydrogen-bond donors (Lipinski definition) is 2. The summed E-state index contributed by atoms with van der Waals surface area (Å²) in [7, 11) is 1.50. The van der Waals surface area contributed by atoms with Gasteiger partial charge in [-0.2, -0.15) is 0 Å². The van der Waals surface area contributed by atoms with Gasteiger partial charge in [0, 0.05) is 73.8 Å². The lowest BCUT2D eigenvalue weighted by atomic mass is 10.1. The normalized spacial score (nSPS) is 16.9. The molecule has 2 aliphatic rings. The van der Waals surface area contributed by atoms with Crippen LogP contribution < -0.4 is 25.0 Å². The Balaban J connectivity index is 1.10. The van der Waals surface area contributed by atoms with Crippen LogP contribution in [0.3, 0.4) is 0 Å². The van der Waals surface area contributed by atoms with Gasteiger partial charge in [-0.3, -0.25) is 9.78 Å². The average Bonchev–Trinajstić information content (AvgIpc) is 3.47. The van der Waals surface area contributed by atoms with Gasteiger partial charge in [-0.05, 0) is 31.2 Å². The number of nitrogens with one attached hydrogen (secondary N) is 2. The number of ether oxygens (including phenoxy) is 3. The number of amides is 3. The smallest absolute Gasteiger partial charge is 0.338 e. The second-order valence-electron chi connectivity index (χ2n) is 11.7. The second-order valence-corrected chi connectivity index (χ2v) is 12.8. The molecule has 11 nitrogen and oxygen atoms in total. The predicted octanol–water partition coefficient (Wildman–Crippen LogP) is 6.17. The number of nitrogens with zero attached hydrogens (tertiary/aromatic N) is 4. The van der Waals surface area contributed by atoms with Crippen molar-refractivity contribution in [3.8, 4) is 23.0 Å². The molecular weight excluding hydrogens is 673 g/mol. The maximum absolute atomic E-state index is 15.3. The molecule has 2 saturated heterocycles. The standard InChI is InChI=1S/C35H37F3N6O5S/c1-3-42-12-14-43(15-13-42)11-6-16-48-31-20-28-24(19-30(31)47-2)29(9-10-39-28)49-33-26(37)17-22(18-27(33)38)40-35(46)41-44-32(45)21-50-34(44)23-7-4-5-8-25(23)36/h4-5,7-10,17-20,34H,3,6,11-16,21H2,1-2H3,(H2,40,41,46). The number of anilines is 1. The maximum atomic E-state index is 15.3. The van der Waals surface area contributed by atoms with E-state index in [2.05, 4.69) is 32.5 Å². The van der Waals surface area contributed by atoms with Crippen molar-refractivity contribution in [3.63, 3.8) is 0 Å². The van der Waals surface area contributed by atoms with Crippen LogP contribution in [0.2, 0.25) is 0 Å². The fourth-order valence-electron chi connectivity index (χ4n) is 5.85. The minimum absolute atomic E-state index is 0.00963. The third kappa shape index (κ3) is 8.01. The van der Waals surface area contributed by atoms with Crippen molar-refractivity contribution in [1.29, 1.82) is 0 Å². The topological polar surface area (TPSA) is 109 Å². The van der Waals surface area contributed by atoms with Crippen molar-refractivity contribution in [2.45, 2.75) is 18.7 Å². The van der Waals surface area contributed by atoms with Crippen molar-refractivity contribution in [3.05, 3.63) is 83.8 Å². The van der Waals surface area contributed by atoms with Gasteiger partial charge in [-0.15, -0.1) is 11.8 Å². The Kier molecular flexibility index (Phi) is 11.1. The Bertz CT molecular complexity index is 1840. The molecular formula is C35H37F3N6O5S. The summed E-state index contributed by atoms with van der Waals surface area (Å²) in [5.41, 5.74) is 2.79. The van der Waals surface area contributed by atoms with Gasteiger partial charge in [-0.1, -0.05) is 25.1 Å². The van der Waals surface area contributed by atoms with E-state index in [-0.39, 0.29) is 22.8 Å². The number of carbonyl (C=O) groups is 2. The summed E-state index contributed by atoms with van der Waals surface area (Å²) < 4.78 is 62.3. The molecule has 0 aliphatic carbocycles. The van der Waals surface area contributed by atoms with Gasteiger partial charge in [-0.25, -0.2) is 28.4 Å². The van der Waals surface area contributed by atoms with E-state index in [1.54, 1.807) is 18.2 Å². The number of rotatable bonds is 12. The lowest BCUT2D eigenvalue weighted by Crippen LogP contribution is -2.46. The molecule has 50 heavy (non-hydrogen) atoms. The SMILES string of the molecule is CCN1CCN(CCCOc2cc3nccc(Oc4c(F)cc(NC(=O)NN5C(=O)CSC5c5ccccc5F)cc4F)c3cc2OC)CC1. The number of halogens is 3. The molecule has 15 heteroatoms. The fraction of sp³-hybridized carbons (Fsp3) is 0.343. The number of piperazine rings is 1. The molecule has 2 aliphatic heterocycles. The molecule has 0 bridgehead atoms. The van der Waals surface area contributed by atoms with Gasteiger partial charge < -0.3 is 29.3 Å². The number of aromatic nitrogens is 1. The van der Waals surface area contributed by atoms with Gasteiger partial charge in [0.15, 0.2) is 28.9 Å². The number of methoxy groups -OCH3 is 1. The largest absolute Gasteiger partial charge is 0.493 e. The number of carbonyl (C=O) groups excluding carboxylic acids is 2. The molecule has 3 amide bonds. The third-order valence-corrected chi connectivity index (χ3v) is 9.70. The first kappa shape index (κ1) is 35.1. The van der Waals surface area contributed by atoms with Gasteiger partial charge >= 0.3 is 6.03 Å². The number of hydrogen-bond acceptors (Lipinski definition) is 9. The molecule has 1 unspecified atom stereocenters. The number of pyridine rings is 1. The minimum atomic E-state index is -1.09. The number of likely N-dealkylation sites (N-methyl/N-ethyl adjacent to an activating group) is 1. The summed E-state index contributed by atoms with van der Waals surface area (Å²) in [5, 5.41) is 2.92. The molecule has 4 aromatic rings. The highest BCUT2D eigenvalue weighted by molar-refractivity contribution is 8.00. The molecule has 0 radical (unpaired) electrons. The van der Waals surface area contributed by atoms with Crippen molar-refractivity contribution >= 4 is 40.3 Å². The summed E-state index contributed by atoms with van der Waals surface area (Å²) >= 11 is 1.13. The van der Waals surface area contributed by atoms with E-state index in [4.69, 9.17) is 14.2 Å². The Morgan fingerprint density at radius 2 is 1.70 bits per heavy atom. The van der Waals surface area contributed by atoms with E-state index >= 15 is 8.78 Å². The van der Waals surface area contributed by atoms with Crippen molar-refractivity contribution in [2.75, 3.05) is 64.1 Å². The van der Waals surface area contributed by atoms with E-state index < -0.39 is 40.5 Å². The molecule has 264 valence electrons. The number of fused-ring (bicyclic) bond motifs is 1. The van der Waals surface area contributed by atoms with Crippen LogP contribution >= 0.6 is 11.8 Å². The van der Waals surface area contributed by atoms with Crippen molar-refractivity contribution in [1.82, 2.24) is 25.2 Å². The quantitative estimate of drug-likeness (QED) is 0.167. The number of benzene rings is 3.